The summed E-state index contributed by atoms with van der Waals surface area (Å²) < 4.78 is 101. The van der Waals surface area contributed by atoms with Gasteiger partial charge in [-0.05, 0) is 295 Å². The largest absolute Gasteiger partial charge is 0.744 e. The summed E-state index contributed by atoms with van der Waals surface area (Å²) in [6.07, 6.45) is 18.9. The van der Waals surface area contributed by atoms with E-state index in [0.717, 1.165) is 48.6 Å². The van der Waals surface area contributed by atoms with Crippen molar-refractivity contribution >= 4 is 32.2 Å². The van der Waals surface area contributed by atoms with Crippen LogP contribution in [0.1, 0.15) is 401 Å². The first-order valence-corrected chi connectivity index (χ1v) is 47.7. The SMILES string of the molecule is C.C.C.C.C.C.C.C.C.C.C.C.CC(C)(C)c1ccc([I+]c2ccc(C(C)(C)C)cc2)cc1.CCC(C)(C)C(=O)Oc1ccc(S(=O)(=O)[O-])cc1.CCC(C)(C)C(=O)Oc1ccc(S(=O)(=O)[O-])cc1.CCC(C)c1ccc(O)cc1.CCC(C)c1ccc(O)cc1.CCC(C)c1ccc(OC(C)OC2CCCCC2)cc1.CCC(C)c1ccc(OC(C)OC2CCCCC2)cc1. The predicted octanol–water partition coefficient (Wildman–Crippen LogP) is 30.3. The van der Waals surface area contributed by atoms with Crippen molar-refractivity contribution in [1.29, 1.82) is 0 Å². The van der Waals surface area contributed by atoms with Crippen molar-refractivity contribution in [3.63, 3.8) is 0 Å². The summed E-state index contributed by atoms with van der Waals surface area (Å²) >= 11 is -0.0703. The minimum Gasteiger partial charge on any atom is -0.744 e. The van der Waals surface area contributed by atoms with Crippen LogP contribution in [0.25, 0.3) is 0 Å². The molecule has 2 saturated carbocycles. The molecule has 0 spiro atoms. The summed E-state index contributed by atoms with van der Waals surface area (Å²) in [6.45, 7) is 46.0. The molecule has 0 heterocycles. The van der Waals surface area contributed by atoms with Gasteiger partial charge in [-0.2, -0.15) is 0 Å². The Bertz CT molecular complexity index is 4130. The molecule has 6 unspecified atom stereocenters. The molecule has 10 rings (SSSR count). The monoisotopic (exact) mass is 1980 g/mol. The second-order valence-corrected chi connectivity index (χ2v) is 40.2. The smallest absolute Gasteiger partial charge is 0.357 e. The first-order chi connectivity index (χ1) is 55.8. The highest BCUT2D eigenvalue weighted by atomic mass is 127. The van der Waals surface area contributed by atoms with Crippen molar-refractivity contribution < 1.29 is 95.4 Å². The number of aromatic hydroxyl groups is 2. The number of rotatable bonds is 26. The topological polar surface area (TPSA) is 244 Å². The Kier molecular flexibility index (Phi) is 74.6. The molecule has 0 aliphatic heterocycles. The van der Waals surface area contributed by atoms with Gasteiger partial charge >= 0.3 is 33.1 Å². The highest BCUT2D eigenvalue weighted by Gasteiger charge is 2.30. The molecule has 0 aromatic heterocycles. The van der Waals surface area contributed by atoms with E-state index < -0.39 is 43.0 Å². The standard InChI is InChI=1S/C20H26I.2C18H28O2.2C12H16O5S.2C10H14O.12CH4/c1-19(2,3)15-7-11-17(12-8-15)21-18-13-9-16(10-14-18)20(4,5)6;2*1-4-14(2)16-10-12-18(13-11-16)20-15(3)19-17-8-6-5-7-9-17;2*1-4-12(2,3)11(13)17-9-5-7-10(8-6-9)18(14,15)16;2*1-3-8(2)9-4-6-10(11)7-5-9;;;;;;;;;;;;/h7-14H,1-6H3;2*10-15,17H,4-9H2,1-3H3;2*5-8H,4H2,1-3H3,(H,14,15,16);2*4-8,11H,3H2,1-2H3;12*1H4/q+1;;;;;;;;;;;;;;;;;;/p-2. The van der Waals surface area contributed by atoms with Gasteiger partial charge in [-0.15, -0.1) is 0 Å². The molecule has 2 N–H and O–H groups in total. The average Bonchev–Trinajstić information content (AvgIpc) is 0.869. The number of halogens is 1. The van der Waals surface area contributed by atoms with Crippen LogP contribution in [0.2, 0.25) is 0 Å². The van der Waals surface area contributed by atoms with Gasteiger partial charge in [-0.3, -0.25) is 9.59 Å². The van der Waals surface area contributed by atoms with Gasteiger partial charge in [0, 0.05) is 0 Å². The van der Waals surface area contributed by atoms with E-state index in [4.69, 9.17) is 38.6 Å². The number of benzene rings is 8. The fraction of sp³-hybridized carbons (Fsp3) is 0.554. The number of carbonyl (C=O) groups excluding carboxylic acids is 2. The molecule has 2 aliphatic carbocycles. The van der Waals surface area contributed by atoms with Crippen LogP contribution in [0, 0.1) is 18.0 Å². The minimum atomic E-state index is -4.47. The summed E-state index contributed by atoms with van der Waals surface area (Å²) in [5, 5.41) is 18.0. The number of ether oxygens (including phenoxy) is 6. The number of carbonyl (C=O) groups is 2. The fourth-order valence-corrected chi connectivity index (χ4v) is 15.1. The van der Waals surface area contributed by atoms with Gasteiger partial charge < -0.3 is 47.7 Å². The first kappa shape index (κ1) is 141. The fourth-order valence-electron chi connectivity index (χ4n) is 12.0. The third kappa shape index (κ3) is 53.3. The number of hydrogen-bond donors (Lipinski definition) is 2. The molecule has 2 fully saturated rings. The zero-order chi connectivity index (χ0) is 88.9. The van der Waals surface area contributed by atoms with Gasteiger partial charge in [0.25, 0.3) is 0 Å². The summed E-state index contributed by atoms with van der Waals surface area (Å²) in [7, 11) is -8.94. The zero-order valence-corrected chi connectivity index (χ0v) is 79.0. The third-order valence-corrected chi connectivity index (χ3v) is 26.3. The van der Waals surface area contributed by atoms with E-state index in [2.05, 4.69) is 194 Å². The second kappa shape index (κ2) is 69.2. The molecule has 8 aromatic carbocycles. The molecular weight excluding hydrogens is 1790 g/mol. The summed E-state index contributed by atoms with van der Waals surface area (Å²) in [5.74, 6) is 4.54. The Morgan fingerprint density at radius 3 is 0.771 bits per heavy atom. The van der Waals surface area contributed by atoms with Crippen LogP contribution in [0.5, 0.6) is 34.5 Å². The Balaban J connectivity index is -0.000000188. The van der Waals surface area contributed by atoms with Crippen LogP contribution in [0.4, 0.5) is 0 Å². The van der Waals surface area contributed by atoms with Crippen molar-refractivity contribution in [2.75, 3.05) is 0 Å². The molecule has 19 heteroatoms. The highest BCUT2D eigenvalue weighted by Crippen LogP contribution is 2.32. The molecule has 0 amide bonds. The number of phenols is 2. The molecular formula is C112H188IO16S2-. The molecule has 0 radical (unpaired) electrons. The summed E-state index contributed by atoms with van der Waals surface area (Å²) in [5.41, 5.74) is 7.44. The molecule has 752 valence electrons. The lowest BCUT2D eigenvalue weighted by molar-refractivity contribution is -0.597. The molecule has 0 bridgehead atoms. The number of phenolic OH excluding ortho intramolecular Hbond substituents is 2. The van der Waals surface area contributed by atoms with Crippen LogP contribution in [-0.2, 0) is 50.1 Å². The average molecular weight is 1980 g/mol. The van der Waals surface area contributed by atoms with Gasteiger partial charge in [-0.25, -0.2) is 16.8 Å². The minimum absolute atomic E-state index is 0. The van der Waals surface area contributed by atoms with E-state index in [0.29, 0.717) is 60.2 Å². The second-order valence-electron chi connectivity index (χ2n) is 34.4. The Morgan fingerprint density at radius 1 is 0.344 bits per heavy atom. The van der Waals surface area contributed by atoms with Gasteiger partial charge in [0.15, 0.2) is 19.7 Å². The maximum atomic E-state index is 11.7. The van der Waals surface area contributed by atoms with E-state index in [1.165, 1.54) is 142 Å². The lowest BCUT2D eigenvalue weighted by Crippen LogP contribution is -3.61. The molecule has 6 atom stereocenters. The quantitative estimate of drug-likeness (QED) is 0.0168. The first-order valence-electron chi connectivity index (χ1n) is 42.7. The van der Waals surface area contributed by atoms with E-state index >= 15 is 0 Å². The third-order valence-electron chi connectivity index (χ3n) is 21.9. The van der Waals surface area contributed by atoms with Crippen molar-refractivity contribution in [2.24, 2.45) is 10.8 Å². The van der Waals surface area contributed by atoms with E-state index in [1.54, 1.807) is 52.0 Å². The van der Waals surface area contributed by atoms with Crippen molar-refractivity contribution in [3.05, 3.63) is 235 Å². The number of hydrogen-bond acceptors (Lipinski definition) is 16. The van der Waals surface area contributed by atoms with Crippen molar-refractivity contribution in [3.8, 4) is 34.5 Å². The molecule has 2 aliphatic rings. The normalized spacial score (nSPS) is 13.5. The van der Waals surface area contributed by atoms with E-state index in [1.807, 2.05) is 52.0 Å². The lowest BCUT2D eigenvalue weighted by Gasteiger charge is -2.26. The molecule has 0 saturated heterocycles. The zero-order valence-electron chi connectivity index (χ0n) is 75.2. The lowest BCUT2D eigenvalue weighted by atomic mass is 9.87. The Hall–Kier alpha value is -7.63. The molecule has 8 aromatic rings. The van der Waals surface area contributed by atoms with E-state index in [-0.39, 0.29) is 155 Å². The Morgan fingerprint density at radius 2 is 0.565 bits per heavy atom. The van der Waals surface area contributed by atoms with Crippen LogP contribution < -0.4 is 40.2 Å². The van der Waals surface area contributed by atoms with Crippen LogP contribution in [0.3, 0.4) is 0 Å². The Labute approximate surface area is 815 Å². The summed E-state index contributed by atoms with van der Waals surface area (Å²) in [6, 6.07) is 59.7. The van der Waals surface area contributed by atoms with Crippen molar-refractivity contribution in [1.82, 2.24) is 0 Å². The van der Waals surface area contributed by atoms with Gasteiger partial charge in [0.1, 0.15) is 54.7 Å². The summed E-state index contributed by atoms with van der Waals surface area (Å²) in [4.78, 5) is 22.8. The predicted molar refractivity (Wildman–Crippen MR) is 557 cm³/mol. The van der Waals surface area contributed by atoms with Gasteiger partial charge in [-0.1, -0.05) is 311 Å². The molecule has 16 nitrogen and oxygen atoms in total. The van der Waals surface area contributed by atoms with Gasteiger partial charge in [0.2, 0.25) is 0 Å². The van der Waals surface area contributed by atoms with Crippen LogP contribution in [0.15, 0.2) is 204 Å². The van der Waals surface area contributed by atoms with Gasteiger partial charge in [0.05, 0.1) is 32.8 Å². The van der Waals surface area contributed by atoms with E-state index in [9.17, 15) is 35.5 Å². The molecule has 131 heavy (non-hydrogen) atoms. The maximum absolute atomic E-state index is 11.7. The maximum Gasteiger partial charge on any atom is 0.357 e. The van der Waals surface area contributed by atoms with Crippen LogP contribution >= 0.6 is 0 Å². The number of esters is 2. The van der Waals surface area contributed by atoms with Crippen LogP contribution in [-0.4, -0.2) is 72.9 Å². The van der Waals surface area contributed by atoms with Crippen molar-refractivity contribution in [2.45, 2.75) is 413 Å². The highest BCUT2D eigenvalue weighted by molar-refractivity contribution is 7.86.